The van der Waals surface area contributed by atoms with E-state index >= 15 is 0 Å². The van der Waals surface area contributed by atoms with Crippen LogP contribution < -0.4 is 0 Å². The summed E-state index contributed by atoms with van der Waals surface area (Å²) in [6, 6.07) is 2.03. The quantitative estimate of drug-likeness (QED) is 0.726. The minimum atomic E-state index is 0.430. The predicted octanol–water partition coefficient (Wildman–Crippen LogP) is 3.87. The molecule has 1 N–H and O–H groups in total. The zero-order valence-corrected chi connectivity index (χ0v) is 9.67. The highest BCUT2D eigenvalue weighted by Gasteiger charge is 2.08. The molecule has 1 aromatic heterocycles. The van der Waals surface area contributed by atoms with Crippen molar-refractivity contribution in [3.8, 4) is 0 Å². The molecule has 68 valence electrons. The number of oxazole rings is 1. The van der Waals surface area contributed by atoms with Crippen molar-refractivity contribution in [3.05, 3.63) is 26.5 Å². The van der Waals surface area contributed by atoms with Crippen LogP contribution >= 0.6 is 28.1 Å². The van der Waals surface area contributed by atoms with Gasteiger partial charge in [0.2, 0.25) is 0 Å². The first-order valence-electron chi connectivity index (χ1n) is 3.88. The molecule has 1 aromatic carbocycles. The molecule has 0 radical (unpaired) electrons. The molecule has 0 aliphatic rings. The van der Waals surface area contributed by atoms with Crippen LogP contribution in [0.2, 0.25) is 0 Å². The number of nitrogens with one attached hydrogen (secondary N) is 1. The molecule has 0 amide bonds. The zero-order valence-electron chi connectivity index (χ0n) is 7.27. The number of aryl methyl sites for hydroxylation is 2. The highest BCUT2D eigenvalue weighted by atomic mass is 79.9. The third kappa shape index (κ3) is 1.34. The largest absolute Gasteiger partial charge is 0.429 e. The molecule has 2 nitrogen and oxygen atoms in total. The summed E-state index contributed by atoms with van der Waals surface area (Å²) in [5.41, 5.74) is 4.04. The van der Waals surface area contributed by atoms with Crippen LogP contribution in [0.15, 0.2) is 15.0 Å². The Morgan fingerprint density at radius 3 is 2.85 bits per heavy atom. The minimum Gasteiger partial charge on any atom is -0.429 e. The Labute approximate surface area is 89.1 Å². The molecule has 13 heavy (non-hydrogen) atoms. The second-order valence-electron chi connectivity index (χ2n) is 3.02. The van der Waals surface area contributed by atoms with Gasteiger partial charge in [-0.05, 0) is 43.3 Å². The van der Waals surface area contributed by atoms with Gasteiger partial charge in [0.15, 0.2) is 5.58 Å². The Hall–Kier alpha value is -0.610. The van der Waals surface area contributed by atoms with Gasteiger partial charge in [0, 0.05) is 4.47 Å². The molecule has 0 bridgehead atoms. The lowest BCUT2D eigenvalue weighted by atomic mass is 10.1. The first kappa shape index (κ1) is 8.97. The number of benzene rings is 1. The molecular formula is C9H8BrNOS. The Bertz CT molecular complexity index is 526. The van der Waals surface area contributed by atoms with E-state index in [0.717, 1.165) is 26.7 Å². The standard InChI is InChI=1S/C9H8BrNOS/c1-4-3-6(10)5(2)7-8(4)12-9(13)11-7/h3H,1-2H3,(H,11,13). The number of hydrogen-bond acceptors (Lipinski definition) is 2. The van der Waals surface area contributed by atoms with Crippen molar-refractivity contribution >= 4 is 39.2 Å². The summed E-state index contributed by atoms with van der Waals surface area (Å²) in [6.07, 6.45) is 0. The monoisotopic (exact) mass is 257 g/mol. The fraction of sp³-hybridized carbons (Fsp3) is 0.222. The molecule has 2 rings (SSSR count). The molecule has 0 saturated carbocycles. The van der Waals surface area contributed by atoms with Gasteiger partial charge >= 0.3 is 0 Å². The van der Waals surface area contributed by atoms with E-state index in [1.165, 1.54) is 0 Å². The van der Waals surface area contributed by atoms with E-state index in [9.17, 15) is 0 Å². The van der Waals surface area contributed by atoms with Gasteiger partial charge in [-0.15, -0.1) is 0 Å². The van der Waals surface area contributed by atoms with Crippen molar-refractivity contribution in [3.63, 3.8) is 0 Å². The molecule has 0 saturated heterocycles. The molecule has 0 spiro atoms. The summed E-state index contributed by atoms with van der Waals surface area (Å²) >= 11 is 8.42. The maximum Gasteiger partial charge on any atom is 0.266 e. The van der Waals surface area contributed by atoms with E-state index in [1.807, 2.05) is 19.9 Å². The molecule has 0 aliphatic heterocycles. The van der Waals surface area contributed by atoms with Gasteiger partial charge in [-0.25, -0.2) is 0 Å². The molecule has 0 fully saturated rings. The SMILES string of the molecule is Cc1c(Br)cc(C)c2oc(=S)[nH]c12. The van der Waals surface area contributed by atoms with Gasteiger partial charge in [-0.2, -0.15) is 0 Å². The third-order valence-electron chi connectivity index (χ3n) is 2.08. The van der Waals surface area contributed by atoms with Crippen LogP contribution in [0.4, 0.5) is 0 Å². The first-order valence-corrected chi connectivity index (χ1v) is 5.08. The third-order valence-corrected chi connectivity index (χ3v) is 3.09. The maximum absolute atomic E-state index is 5.37. The normalized spacial score (nSPS) is 11.0. The van der Waals surface area contributed by atoms with Crippen molar-refractivity contribution in [2.75, 3.05) is 0 Å². The second kappa shape index (κ2) is 2.96. The van der Waals surface area contributed by atoms with E-state index < -0.39 is 0 Å². The number of fused-ring (bicyclic) bond motifs is 1. The van der Waals surface area contributed by atoms with Crippen LogP contribution in [0.25, 0.3) is 11.1 Å². The fourth-order valence-corrected chi connectivity index (χ4v) is 2.08. The number of rotatable bonds is 0. The Morgan fingerprint density at radius 1 is 1.46 bits per heavy atom. The van der Waals surface area contributed by atoms with Gasteiger partial charge in [0.1, 0.15) is 0 Å². The van der Waals surface area contributed by atoms with Gasteiger partial charge in [-0.1, -0.05) is 15.9 Å². The highest BCUT2D eigenvalue weighted by molar-refractivity contribution is 9.10. The topological polar surface area (TPSA) is 28.9 Å². The van der Waals surface area contributed by atoms with Crippen molar-refractivity contribution < 1.29 is 4.42 Å². The van der Waals surface area contributed by atoms with Crippen LogP contribution in [0.1, 0.15) is 11.1 Å². The van der Waals surface area contributed by atoms with Crippen LogP contribution in [0.5, 0.6) is 0 Å². The van der Waals surface area contributed by atoms with Crippen LogP contribution in [0, 0.1) is 18.7 Å². The number of aromatic amines is 1. The summed E-state index contributed by atoms with van der Waals surface area (Å²) in [7, 11) is 0. The van der Waals surface area contributed by atoms with E-state index in [1.54, 1.807) is 0 Å². The molecule has 0 unspecified atom stereocenters. The molecule has 0 atom stereocenters. The number of halogens is 1. The highest BCUT2D eigenvalue weighted by Crippen LogP contribution is 2.28. The number of hydrogen-bond donors (Lipinski definition) is 1. The number of H-pyrrole nitrogens is 1. The van der Waals surface area contributed by atoms with E-state index in [2.05, 4.69) is 20.9 Å². The lowest BCUT2D eigenvalue weighted by Gasteiger charge is -2.00. The lowest BCUT2D eigenvalue weighted by Crippen LogP contribution is -1.82. The van der Waals surface area contributed by atoms with Crippen molar-refractivity contribution in [2.24, 2.45) is 0 Å². The first-order chi connectivity index (χ1) is 6.09. The van der Waals surface area contributed by atoms with Gasteiger partial charge < -0.3 is 9.40 Å². The summed E-state index contributed by atoms with van der Waals surface area (Å²) in [4.78, 5) is 3.46. The van der Waals surface area contributed by atoms with Gasteiger partial charge in [0.05, 0.1) is 5.52 Å². The average molecular weight is 258 g/mol. The van der Waals surface area contributed by atoms with Crippen LogP contribution in [0.3, 0.4) is 0 Å². The Kier molecular flexibility index (Phi) is 2.04. The summed E-state index contributed by atoms with van der Waals surface area (Å²) in [5.74, 6) is 0. The van der Waals surface area contributed by atoms with Crippen molar-refractivity contribution in [2.45, 2.75) is 13.8 Å². The Balaban J connectivity index is 3.04. The summed E-state index contributed by atoms with van der Waals surface area (Å²) in [6.45, 7) is 4.02. The van der Waals surface area contributed by atoms with Crippen molar-refractivity contribution in [1.82, 2.24) is 4.98 Å². The summed E-state index contributed by atoms with van der Waals surface area (Å²) in [5, 5.41) is 0. The van der Waals surface area contributed by atoms with Gasteiger partial charge in [0.25, 0.3) is 4.84 Å². The van der Waals surface area contributed by atoms with E-state index in [0.29, 0.717) is 4.84 Å². The molecular weight excluding hydrogens is 250 g/mol. The number of aromatic nitrogens is 1. The predicted molar refractivity (Wildman–Crippen MR) is 58.6 cm³/mol. The molecule has 2 aromatic rings. The van der Waals surface area contributed by atoms with E-state index in [-0.39, 0.29) is 0 Å². The molecule has 1 heterocycles. The average Bonchev–Trinajstić information content (AvgIpc) is 2.44. The zero-order chi connectivity index (χ0) is 9.59. The maximum atomic E-state index is 5.37. The fourth-order valence-electron chi connectivity index (χ4n) is 1.35. The van der Waals surface area contributed by atoms with Crippen LogP contribution in [-0.2, 0) is 0 Å². The second-order valence-corrected chi connectivity index (χ2v) is 4.24. The lowest BCUT2D eigenvalue weighted by molar-refractivity contribution is 0.581. The Morgan fingerprint density at radius 2 is 2.15 bits per heavy atom. The van der Waals surface area contributed by atoms with Crippen molar-refractivity contribution in [1.29, 1.82) is 0 Å². The van der Waals surface area contributed by atoms with Gasteiger partial charge in [-0.3, -0.25) is 0 Å². The molecule has 0 aliphatic carbocycles. The summed E-state index contributed by atoms with van der Waals surface area (Å²) < 4.78 is 6.45. The minimum absolute atomic E-state index is 0.430. The van der Waals surface area contributed by atoms with Crippen LogP contribution in [-0.4, -0.2) is 4.98 Å². The molecule has 4 heteroatoms. The smallest absolute Gasteiger partial charge is 0.266 e. The van der Waals surface area contributed by atoms with E-state index in [4.69, 9.17) is 16.6 Å².